The molecule has 10 heteroatoms. The fraction of sp³-hybridized carbons (Fsp3) is 0.909. The van der Waals surface area contributed by atoms with Crippen molar-refractivity contribution in [2.24, 2.45) is 5.73 Å². The third-order valence-corrected chi connectivity index (χ3v) is 16.1. The van der Waals surface area contributed by atoms with Crippen LogP contribution in [0.5, 0.6) is 0 Å². The molecule has 2 unspecified atom stereocenters. The molecule has 0 saturated carbocycles. The fourth-order valence-electron chi connectivity index (χ4n) is 10.1. The summed E-state index contributed by atoms with van der Waals surface area (Å²) in [5.41, 5.74) is 5.39. The second kappa shape index (κ2) is 62.7. The highest BCUT2D eigenvalue weighted by Crippen LogP contribution is 2.43. The maximum absolute atomic E-state index is 12.7. The van der Waals surface area contributed by atoms with Gasteiger partial charge in [-0.3, -0.25) is 18.6 Å². The topological polar surface area (TPSA) is 134 Å². The molecular weight excluding hydrogens is 966 g/mol. The second-order valence-corrected chi connectivity index (χ2v) is 24.2. The van der Waals surface area contributed by atoms with E-state index in [0.717, 1.165) is 44.9 Å². The van der Waals surface area contributed by atoms with Crippen molar-refractivity contribution in [2.75, 3.05) is 26.4 Å². The number of nitrogens with two attached hydrogens (primary N) is 1. The summed E-state index contributed by atoms with van der Waals surface area (Å²) >= 11 is 0. The molecule has 0 heterocycles. The maximum atomic E-state index is 12.7. The van der Waals surface area contributed by atoms with Gasteiger partial charge < -0.3 is 20.1 Å². The van der Waals surface area contributed by atoms with Gasteiger partial charge in [-0.2, -0.15) is 0 Å². The number of carbonyl (C=O) groups excluding carboxylic acids is 2. The molecule has 0 aliphatic rings. The molecule has 2 atom stereocenters. The van der Waals surface area contributed by atoms with Gasteiger partial charge in [-0.25, -0.2) is 4.57 Å². The van der Waals surface area contributed by atoms with E-state index in [4.69, 9.17) is 24.3 Å². The smallest absolute Gasteiger partial charge is 0.462 e. The molecule has 0 rings (SSSR count). The van der Waals surface area contributed by atoms with Crippen molar-refractivity contribution in [1.29, 1.82) is 0 Å². The summed E-state index contributed by atoms with van der Waals surface area (Å²) in [6.45, 7) is 3.80. The Kier molecular flexibility index (Phi) is 61.4. The van der Waals surface area contributed by atoms with E-state index in [1.54, 1.807) is 0 Å². The molecule has 3 N–H and O–H groups in total. The molecule has 0 aromatic rings. The van der Waals surface area contributed by atoms with Crippen LogP contribution in [0.25, 0.3) is 0 Å². The molecule has 0 spiro atoms. The van der Waals surface area contributed by atoms with E-state index in [2.05, 4.69) is 38.2 Å². The van der Waals surface area contributed by atoms with Gasteiger partial charge >= 0.3 is 19.8 Å². The number of unbranched alkanes of at least 4 members (excludes halogenated alkanes) is 47. The van der Waals surface area contributed by atoms with Crippen molar-refractivity contribution in [3.8, 4) is 0 Å². The number of allylic oxidation sites excluding steroid dienone is 4. The van der Waals surface area contributed by atoms with Crippen molar-refractivity contribution in [3.63, 3.8) is 0 Å². The van der Waals surface area contributed by atoms with Crippen molar-refractivity contribution >= 4 is 19.8 Å². The molecule has 0 aliphatic heterocycles. The first kappa shape index (κ1) is 74.5. The third-order valence-electron chi connectivity index (χ3n) is 15.1. The Balaban J connectivity index is 3.83. The molecule has 0 aromatic heterocycles. The molecule has 0 aromatic carbocycles. The minimum atomic E-state index is -4.39. The Bertz CT molecular complexity index is 1290. The van der Waals surface area contributed by atoms with Crippen LogP contribution >= 0.6 is 7.82 Å². The largest absolute Gasteiger partial charge is 0.472 e. The molecule has 76 heavy (non-hydrogen) atoms. The molecule has 0 radical (unpaired) electrons. The van der Waals surface area contributed by atoms with Gasteiger partial charge in [0.1, 0.15) is 6.61 Å². The Morgan fingerprint density at radius 2 is 0.684 bits per heavy atom. The quantitative estimate of drug-likeness (QED) is 0.0264. The number of phosphoric ester groups is 1. The maximum Gasteiger partial charge on any atom is 0.472 e. The van der Waals surface area contributed by atoms with Gasteiger partial charge in [0.15, 0.2) is 6.10 Å². The van der Waals surface area contributed by atoms with Gasteiger partial charge in [0, 0.05) is 19.4 Å². The van der Waals surface area contributed by atoms with Crippen LogP contribution in [0.15, 0.2) is 24.3 Å². The van der Waals surface area contributed by atoms with Crippen LogP contribution in [0, 0.1) is 0 Å². The van der Waals surface area contributed by atoms with Crippen molar-refractivity contribution < 1.29 is 37.6 Å². The standard InChI is InChI=1S/C66H128NO8P/c1-3-5-7-9-11-13-15-17-19-21-23-25-27-28-29-30-31-32-33-34-35-37-38-40-42-44-46-48-50-52-54-56-58-65(68)72-62-64(63-74-76(70,71)73-61-60-67)75-66(69)59-57-55-53-51-49-47-45-43-41-39-36-26-24-22-20-18-16-14-12-10-8-6-4-2/h16,18,22,24,64H,3-15,17,19-21,23,25-63,67H2,1-2H3,(H,70,71)/b18-16-,24-22-. The summed E-state index contributed by atoms with van der Waals surface area (Å²) in [5.74, 6) is -0.809. The van der Waals surface area contributed by atoms with Crippen LogP contribution in [0.4, 0.5) is 0 Å². The van der Waals surface area contributed by atoms with E-state index in [0.29, 0.717) is 6.42 Å². The van der Waals surface area contributed by atoms with Gasteiger partial charge in [0.25, 0.3) is 0 Å². The zero-order valence-corrected chi connectivity index (χ0v) is 51.4. The first-order chi connectivity index (χ1) is 37.3. The van der Waals surface area contributed by atoms with Crippen LogP contribution in [0.2, 0.25) is 0 Å². The summed E-state index contributed by atoms with van der Waals surface area (Å²) in [6.07, 6.45) is 75.6. The monoisotopic (exact) mass is 1090 g/mol. The molecule has 450 valence electrons. The number of hydrogen-bond donors (Lipinski definition) is 2. The van der Waals surface area contributed by atoms with Gasteiger partial charge in [0.2, 0.25) is 0 Å². The first-order valence-corrected chi connectivity index (χ1v) is 34.8. The number of rotatable bonds is 64. The van der Waals surface area contributed by atoms with Gasteiger partial charge in [0.05, 0.1) is 13.2 Å². The molecule has 0 aliphatic carbocycles. The van der Waals surface area contributed by atoms with Gasteiger partial charge in [-0.15, -0.1) is 0 Å². The highest BCUT2D eigenvalue weighted by atomic mass is 31.2. The number of hydrogen-bond acceptors (Lipinski definition) is 8. The Hall–Kier alpha value is -1.51. The summed E-state index contributed by atoms with van der Waals surface area (Å²) in [6, 6.07) is 0. The van der Waals surface area contributed by atoms with Crippen molar-refractivity contribution in [1.82, 2.24) is 0 Å². The van der Waals surface area contributed by atoms with Crippen LogP contribution < -0.4 is 5.73 Å². The third kappa shape index (κ3) is 61.7. The zero-order chi connectivity index (χ0) is 55.2. The molecule has 9 nitrogen and oxygen atoms in total. The summed E-state index contributed by atoms with van der Waals surface area (Å²) in [4.78, 5) is 35.3. The Labute approximate surface area is 472 Å². The minimum absolute atomic E-state index is 0.0555. The highest BCUT2D eigenvalue weighted by Gasteiger charge is 2.26. The van der Waals surface area contributed by atoms with Crippen LogP contribution in [0.3, 0.4) is 0 Å². The molecule has 0 fully saturated rings. The predicted molar refractivity (Wildman–Crippen MR) is 326 cm³/mol. The first-order valence-electron chi connectivity index (χ1n) is 33.3. The Morgan fingerprint density at radius 3 is 1.00 bits per heavy atom. The number of ether oxygens (including phenoxy) is 2. The second-order valence-electron chi connectivity index (χ2n) is 22.7. The summed E-state index contributed by atoms with van der Waals surface area (Å²) < 4.78 is 33.1. The van der Waals surface area contributed by atoms with Crippen LogP contribution in [0.1, 0.15) is 354 Å². The van der Waals surface area contributed by atoms with E-state index < -0.39 is 26.5 Å². The Morgan fingerprint density at radius 1 is 0.395 bits per heavy atom. The van der Waals surface area contributed by atoms with E-state index in [9.17, 15) is 19.0 Å². The normalized spacial score (nSPS) is 13.1. The average Bonchev–Trinajstić information content (AvgIpc) is 3.41. The lowest BCUT2D eigenvalue weighted by molar-refractivity contribution is -0.161. The van der Waals surface area contributed by atoms with Gasteiger partial charge in [-0.1, -0.05) is 321 Å². The van der Waals surface area contributed by atoms with E-state index in [-0.39, 0.29) is 38.6 Å². The summed E-state index contributed by atoms with van der Waals surface area (Å²) in [7, 11) is -4.39. The minimum Gasteiger partial charge on any atom is -0.462 e. The van der Waals surface area contributed by atoms with Crippen LogP contribution in [-0.2, 0) is 32.7 Å². The van der Waals surface area contributed by atoms with E-state index in [1.165, 1.54) is 276 Å². The van der Waals surface area contributed by atoms with Crippen molar-refractivity contribution in [3.05, 3.63) is 24.3 Å². The van der Waals surface area contributed by atoms with Crippen molar-refractivity contribution in [2.45, 2.75) is 360 Å². The summed E-state index contributed by atoms with van der Waals surface area (Å²) in [5, 5.41) is 0. The molecular formula is C66H128NO8P. The van der Waals surface area contributed by atoms with E-state index in [1.807, 2.05) is 0 Å². The fourth-order valence-corrected chi connectivity index (χ4v) is 10.9. The molecule has 0 saturated heterocycles. The lowest BCUT2D eigenvalue weighted by Gasteiger charge is -2.19. The average molecular weight is 1090 g/mol. The SMILES string of the molecule is CCCCCCC/C=C\C/C=C\CCCCCCCCCCCCCC(=O)OC(COC(=O)CCCCCCCCCCCCCCCCCCCCCCCCCCCCCCCCCC)COP(=O)(O)OCCN. The highest BCUT2D eigenvalue weighted by molar-refractivity contribution is 7.47. The zero-order valence-electron chi connectivity index (χ0n) is 50.5. The van der Waals surface area contributed by atoms with E-state index >= 15 is 0 Å². The number of phosphoric acid groups is 1. The number of carbonyl (C=O) groups is 2. The van der Waals surface area contributed by atoms with Gasteiger partial charge in [-0.05, 0) is 44.9 Å². The lowest BCUT2D eigenvalue weighted by atomic mass is 10.0. The predicted octanol–water partition coefficient (Wildman–Crippen LogP) is 21.4. The van der Waals surface area contributed by atoms with Crippen LogP contribution in [-0.4, -0.2) is 49.3 Å². The molecule has 0 amide bonds. The number of esters is 2. The lowest BCUT2D eigenvalue weighted by Crippen LogP contribution is -2.29. The molecule has 0 bridgehead atoms.